The number of alkyl halides is 1. The SMILES string of the molecule is CN=S.NCCCc1cn([C@@H]2O[C@H](CO)C(O)[C@@H]2O)c(=O)nc1N.[2H]CF.[N-]=[N+]=NCCOCCOCCOCCOCCC(=O)NCCCc1cn([C@@H]2O[C@H](CO)C(O)[C@@H]2O)c(=O)nc1N.[N-]=[N+]=NCCOCCOCCOCCOCCC(=O)ON1C(=O)CCC1=O. The number of nitrogens with one attached hydrogen (secondary N) is 1. The topological polar surface area (TPSA) is 564 Å². The van der Waals surface area contributed by atoms with Crippen LogP contribution in [-0.4, -0.2) is 274 Å². The number of nitrogens with zero attached hydrogens (tertiary/aromatic N) is 12. The van der Waals surface area contributed by atoms with Crippen molar-refractivity contribution in [3.8, 4) is 0 Å². The molecule has 2 aromatic heterocycles. The molecular formula is C52H89FN16O23S. The Morgan fingerprint density at radius 1 is 0.667 bits per heavy atom. The van der Waals surface area contributed by atoms with Crippen molar-refractivity contribution in [3.05, 3.63) is 65.4 Å². The lowest BCUT2D eigenvalue weighted by Gasteiger charge is -2.18. The summed E-state index contributed by atoms with van der Waals surface area (Å²) in [6.45, 7) is 6.08. The summed E-state index contributed by atoms with van der Waals surface area (Å²) in [4.78, 5) is 87.6. The zero-order chi connectivity index (χ0) is 69.9. The second kappa shape index (κ2) is 52.7. The number of ether oxygens (including phenoxy) is 10. The van der Waals surface area contributed by atoms with Crippen molar-refractivity contribution in [2.75, 3.05) is 171 Å². The van der Waals surface area contributed by atoms with Gasteiger partial charge in [0.2, 0.25) is 5.91 Å². The zero-order valence-corrected chi connectivity index (χ0v) is 52.5. The fourth-order valence-corrected chi connectivity index (χ4v) is 7.85. The van der Waals surface area contributed by atoms with Gasteiger partial charge in [-0.2, -0.15) is 9.97 Å². The van der Waals surface area contributed by atoms with E-state index in [1.54, 1.807) is 7.05 Å². The summed E-state index contributed by atoms with van der Waals surface area (Å²) >= 11 is 4.02. The van der Waals surface area contributed by atoms with E-state index < -0.39 is 98.6 Å². The van der Waals surface area contributed by atoms with Gasteiger partial charge < -0.3 is 105 Å². The molecule has 0 aromatic carbocycles. The van der Waals surface area contributed by atoms with E-state index in [1.807, 2.05) is 0 Å². The third-order valence-electron chi connectivity index (χ3n) is 12.5. The summed E-state index contributed by atoms with van der Waals surface area (Å²) in [7, 11) is 0.565. The van der Waals surface area contributed by atoms with Gasteiger partial charge in [-0.05, 0) is 43.3 Å². The number of carbonyl (C=O) groups excluding carboxylic acids is 4. The molecule has 3 fully saturated rings. The number of carbonyl (C=O) groups is 4. The van der Waals surface area contributed by atoms with Crippen molar-refractivity contribution < 1.29 is 108 Å². The van der Waals surface area contributed by atoms with Gasteiger partial charge in [0.05, 0.1) is 134 Å². The van der Waals surface area contributed by atoms with E-state index in [2.05, 4.69) is 52.1 Å². The third-order valence-corrected chi connectivity index (χ3v) is 12.5. The molecule has 5 heterocycles. The van der Waals surface area contributed by atoms with Gasteiger partial charge in [-0.25, -0.2) is 18.7 Å². The first-order valence-corrected chi connectivity index (χ1v) is 29.5. The Balaban J connectivity index is 0.000000709. The molecule has 8 atom stereocenters. The van der Waals surface area contributed by atoms with Crippen LogP contribution in [0.5, 0.6) is 0 Å². The summed E-state index contributed by atoms with van der Waals surface area (Å²) in [6.07, 6.45) is -4.53. The first-order chi connectivity index (χ1) is 45.3. The molecule has 3 aliphatic heterocycles. The molecular weight excluding hydrogens is 1270 g/mol. The molecule has 2 unspecified atom stereocenters. The molecule has 13 N–H and O–H groups in total. The Morgan fingerprint density at radius 2 is 1.02 bits per heavy atom. The number of hydrogen-bond acceptors (Lipinski definition) is 32. The molecule has 0 bridgehead atoms. The number of aliphatic hydroxyl groups excluding tert-OH is 6. The van der Waals surface area contributed by atoms with Gasteiger partial charge in [0.1, 0.15) is 48.3 Å². The highest BCUT2D eigenvalue weighted by Crippen LogP contribution is 2.30. The lowest BCUT2D eigenvalue weighted by atomic mass is 10.1. The average Bonchev–Trinajstić information content (AvgIpc) is 1.61. The number of nitrogens with two attached hydrogens (primary N) is 3. The number of imide groups is 1. The standard InChI is InChI=1S/C23H39N7O10.C15H24N4O8.C12H20N4O5.CH3F.CH3NS/c24-21-16(14-30(23(35)28-21)22-20(34)19(33)17(15-31)40-22)2-1-4-26-18(32)3-6-36-8-10-38-12-13-39-11-9-37-7-5-27-29-25;16-18-17-4-6-24-8-10-26-12-11-25-9-7-23-5-3-15(22)27-19-13(20)1-2-14(19)21;13-3-1-2-6-4-16(12(20)15-10(6)14)11-9(19)8(18)7(5-17)21-11;1-2;1-2-3/h14,17,19-20,22,31,33-34H,1-13,15H2,(H,26,32)(H2,24,28,35);1-12H2;4,7-9,11,17-19H,1-3,5,13H2,(H2,14,15,20);1H3;1H3/t17-,19?,20+,22-;;7-,8?,9+,11-;;/m1.1../s1/i;;;1D;. The lowest BCUT2D eigenvalue weighted by molar-refractivity contribution is -0.198. The minimum atomic E-state index is -1.42. The van der Waals surface area contributed by atoms with Crippen LogP contribution in [0, 0.1) is 0 Å². The highest BCUT2D eigenvalue weighted by atomic mass is 32.1. The number of halogens is 1. The number of hydrogen-bond donors (Lipinski definition) is 10. The van der Waals surface area contributed by atoms with Gasteiger partial charge in [0.25, 0.3) is 11.8 Å². The van der Waals surface area contributed by atoms with E-state index in [0.717, 1.165) is 9.13 Å². The van der Waals surface area contributed by atoms with Crippen molar-refractivity contribution in [1.29, 1.82) is 0 Å². The van der Waals surface area contributed by atoms with E-state index >= 15 is 0 Å². The van der Waals surface area contributed by atoms with Gasteiger partial charge in [0, 0.05) is 91.7 Å². The number of anilines is 2. The van der Waals surface area contributed by atoms with Crippen LogP contribution < -0.4 is 33.9 Å². The van der Waals surface area contributed by atoms with Crippen LogP contribution >= 0.6 is 0 Å². The highest BCUT2D eigenvalue weighted by molar-refractivity contribution is 7.47. The number of hydroxylamine groups is 2. The number of aliphatic hydroxyl groups is 6. The van der Waals surface area contributed by atoms with Gasteiger partial charge in [0.15, 0.2) is 12.5 Å². The Hall–Kier alpha value is -6.67. The van der Waals surface area contributed by atoms with Crippen LogP contribution in [0.25, 0.3) is 20.9 Å². The van der Waals surface area contributed by atoms with E-state index in [1.165, 1.54) is 12.4 Å². The normalized spacial score (nSPS) is 19.6. The molecule has 0 radical (unpaired) electrons. The smallest absolute Gasteiger partial charge is 0.351 e. The lowest BCUT2D eigenvalue weighted by Crippen LogP contribution is -2.36. The number of aryl methyl sites for hydroxylation is 2. The van der Waals surface area contributed by atoms with E-state index in [-0.39, 0.29) is 63.0 Å². The fourth-order valence-electron chi connectivity index (χ4n) is 7.85. The number of rotatable bonds is 42. The molecule has 3 amide bonds. The summed E-state index contributed by atoms with van der Waals surface area (Å²) in [5, 5.41) is 68.1. The van der Waals surface area contributed by atoms with Crippen LogP contribution in [0.4, 0.5) is 16.0 Å². The third kappa shape index (κ3) is 34.4. The number of nitrogen functional groups attached to an aromatic ring is 2. The predicted octanol–water partition coefficient (Wildman–Crippen LogP) is -3.13. The van der Waals surface area contributed by atoms with Gasteiger partial charge >= 0.3 is 17.3 Å². The Bertz CT molecular complexity index is 2680. The van der Waals surface area contributed by atoms with Gasteiger partial charge in [-0.15, -0.1) is 5.06 Å². The van der Waals surface area contributed by atoms with Crippen LogP contribution in [-0.2, 0) is 96.7 Å². The first kappa shape index (κ1) is 82.4. The number of aromatic nitrogens is 4. The van der Waals surface area contributed by atoms with Gasteiger partial charge in [-0.1, -0.05) is 10.2 Å². The van der Waals surface area contributed by atoms with E-state index in [4.69, 9.17) is 86.9 Å². The van der Waals surface area contributed by atoms with Crippen LogP contribution in [0.1, 0.15) is 63.5 Å². The van der Waals surface area contributed by atoms with Crippen LogP contribution in [0.15, 0.2) is 36.6 Å². The number of azide groups is 2. The van der Waals surface area contributed by atoms with Crippen LogP contribution in [0.3, 0.4) is 0 Å². The molecule has 3 saturated heterocycles. The molecule has 5 rings (SSSR count). The second-order valence-electron chi connectivity index (χ2n) is 19.0. The minimum Gasteiger partial charge on any atom is -0.394 e. The molecule has 0 spiro atoms. The Labute approximate surface area is 540 Å². The van der Waals surface area contributed by atoms with Crippen molar-refractivity contribution in [1.82, 2.24) is 29.5 Å². The summed E-state index contributed by atoms with van der Waals surface area (Å²) in [6, 6.07) is 0. The number of amides is 3. The minimum absolute atomic E-state index is 0.0226. The largest absolute Gasteiger partial charge is 0.394 e. The van der Waals surface area contributed by atoms with Crippen molar-refractivity contribution in [2.45, 2.75) is 100 Å². The predicted molar refractivity (Wildman–Crippen MR) is 324 cm³/mol. The molecule has 3 aliphatic rings. The van der Waals surface area contributed by atoms with Crippen LogP contribution in [0.2, 0.25) is 0 Å². The molecule has 0 aliphatic carbocycles. The quantitative estimate of drug-likeness (QED) is 0.0103. The van der Waals surface area contributed by atoms with Gasteiger partial charge in [-0.3, -0.25) is 27.9 Å². The summed E-state index contributed by atoms with van der Waals surface area (Å²) < 4.78 is 73.6. The maximum atomic E-state index is 12.3. The van der Waals surface area contributed by atoms with E-state index in [0.29, 0.717) is 154 Å². The molecule has 0 saturated carbocycles. The van der Waals surface area contributed by atoms with Crippen molar-refractivity contribution in [2.24, 2.45) is 20.3 Å². The highest BCUT2D eigenvalue weighted by Gasteiger charge is 2.45. The van der Waals surface area contributed by atoms with E-state index in [9.17, 15) is 58.7 Å². The molecule has 93 heavy (non-hydrogen) atoms. The zero-order valence-electron chi connectivity index (χ0n) is 52.7. The second-order valence-corrected chi connectivity index (χ2v) is 19.4. The average molecular weight is 1360 g/mol. The van der Waals surface area contributed by atoms with Crippen molar-refractivity contribution in [3.63, 3.8) is 0 Å². The maximum absolute atomic E-state index is 12.3. The van der Waals surface area contributed by atoms with Crippen molar-refractivity contribution >= 4 is 47.8 Å². The first-order valence-electron chi connectivity index (χ1n) is 29.8. The summed E-state index contributed by atoms with van der Waals surface area (Å²) in [5.41, 5.74) is 32.8. The molecule has 41 heteroatoms. The fraction of sp³-hybridized carbons (Fsp3) is 0.769. The Morgan fingerprint density at radius 3 is 1.38 bits per heavy atom. The molecule has 39 nitrogen and oxygen atoms in total. The molecule has 528 valence electrons. The Kier molecular flexibility index (Phi) is 46.7. The molecule has 2 aromatic rings. The monoisotopic (exact) mass is 1360 g/mol. The maximum Gasteiger partial charge on any atom is 0.351 e. The summed E-state index contributed by atoms with van der Waals surface area (Å²) in [5.74, 6) is -1.77.